The maximum atomic E-state index is 11.9. The monoisotopic (exact) mass is 289 g/mol. The van der Waals surface area contributed by atoms with E-state index in [1.807, 2.05) is 0 Å². The minimum atomic E-state index is -2.84. The molecule has 106 valence electrons. The lowest BCUT2D eigenvalue weighted by Crippen LogP contribution is -2.14. The fraction of sp³-hybridized carbons (Fsp3) is 0.462. The summed E-state index contributed by atoms with van der Waals surface area (Å²) in [6.45, 7) is 1.34. The summed E-state index contributed by atoms with van der Waals surface area (Å²) < 4.78 is 28.1. The van der Waals surface area contributed by atoms with Gasteiger partial charge in [0.25, 0.3) is 0 Å². The van der Waals surface area contributed by atoms with Gasteiger partial charge in [0.1, 0.15) is 5.75 Å². The second-order valence-electron chi connectivity index (χ2n) is 4.36. The second kappa shape index (κ2) is 7.99. The highest BCUT2D eigenvalue weighted by atomic mass is 32.2. The Morgan fingerprint density at radius 2 is 1.95 bits per heavy atom. The molecule has 0 saturated heterocycles. The molecule has 0 aliphatic carbocycles. The molecule has 1 amide bonds. The quantitative estimate of drug-likeness (QED) is 0.833. The van der Waals surface area contributed by atoms with E-state index in [9.17, 15) is 13.6 Å². The van der Waals surface area contributed by atoms with E-state index >= 15 is 0 Å². The van der Waals surface area contributed by atoms with Gasteiger partial charge in [0, 0.05) is 5.69 Å². The number of thioether (sulfide) groups is 1. The Kier molecular flexibility index (Phi) is 6.62. The molecule has 0 radical (unpaired) electrons. The highest BCUT2D eigenvalue weighted by molar-refractivity contribution is 7.99. The maximum Gasteiger partial charge on any atom is 0.387 e. The van der Waals surface area contributed by atoms with Crippen molar-refractivity contribution in [2.45, 2.75) is 20.5 Å². The summed E-state index contributed by atoms with van der Waals surface area (Å²) in [7, 11) is 0. The van der Waals surface area contributed by atoms with Gasteiger partial charge < -0.3 is 10.1 Å². The number of hydrogen-bond donors (Lipinski definition) is 1. The summed E-state index contributed by atoms with van der Waals surface area (Å²) in [4.78, 5) is 11.6. The molecule has 0 unspecified atom stereocenters. The van der Waals surface area contributed by atoms with Crippen LogP contribution < -0.4 is 10.1 Å². The summed E-state index contributed by atoms with van der Waals surface area (Å²) in [5, 5.41) is 2.69. The minimum Gasteiger partial charge on any atom is -0.435 e. The first-order valence-electron chi connectivity index (χ1n) is 5.90. The van der Waals surface area contributed by atoms with Crippen LogP contribution in [0.25, 0.3) is 0 Å². The third-order valence-corrected chi connectivity index (χ3v) is 3.42. The van der Waals surface area contributed by atoms with Crippen molar-refractivity contribution < 1.29 is 18.3 Å². The van der Waals surface area contributed by atoms with Crippen molar-refractivity contribution in [1.82, 2.24) is 0 Å². The molecule has 1 N–H and O–H groups in total. The van der Waals surface area contributed by atoms with E-state index in [4.69, 9.17) is 0 Å². The molecule has 0 heterocycles. The summed E-state index contributed by atoms with van der Waals surface area (Å²) >= 11 is 1.56. The summed E-state index contributed by atoms with van der Waals surface area (Å²) in [5.41, 5.74) is 0.566. The van der Waals surface area contributed by atoms with E-state index in [1.54, 1.807) is 11.8 Å². The fourth-order valence-corrected chi connectivity index (χ4v) is 2.15. The molecular weight excluding hydrogens is 272 g/mol. The summed E-state index contributed by atoms with van der Waals surface area (Å²) in [5.74, 6) is 1.82. The number of rotatable bonds is 7. The molecule has 1 rings (SSSR count). The zero-order chi connectivity index (χ0) is 14.3. The van der Waals surface area contributed by atoms with E-state index < -0.39 is 6.61 Å². The van der Waals surface area contributed by atoms with Crippen LogP contribution in [0.4, 0.5) is 14.5 Å². The number of hydrogen-bond acceptors (Lipinski definition) is 3. The Morgan fingerprint density at radius 3 is 2.47 bits per heavy atom. The molecular formula is C13H17F2NO2S. The maximum absolute atomic E-state index is 11.9. The second-order valence-corrected chi connectivity index (χ2v) is 5.39. The van der Waals surface area contributed by atoms with Crippen LogP contribution in [0.15, 0.2) is 24.3 Å². The minimum absolute atomic E-state index is 0.0715. The normalized spacial score (nSPS) is 10.8. The first kappa shape index (κ1) is 15.8. The van der Waals surface area contributed by atoms with Crippen LogP contribution in [-0.2, 0) is 4.79 Å². The highest BCUT2D eigenvalue weighted by Crippen LogP contribution is 2.18. The van der Waals surface area contributed by atoms with Crippen molar-refractivity contribution in [2.24, 2.45) is 5.92 Å². The number of carbonyl (C=O) groups excluding carboxylic acids is 1. The Bertz CT molecular complexity index is 396. The molecule has 0 aliphatic heterocycles. The van der Waals surface area contributed by atoms with Crippen molar-refractivity contribution in [3.05, 3.63) is 24.3 Å². The molecule has 6 heteroatoms. The van der Waals surface area contributed by atoms with E-state index in [0.717, 1.165) is 5.75 Å². The fourth-order valence-electron chi connectivity index (χ4n) is 1.30. The molecule has 19 heavy (non-hydrogen) atoms. The van der Waals surface area contributed by atoms with Crippen LogP contribution in [0.2, 0.25) is 0 Å². The first-order valence-corrected chi connectivity index (χ1v) is 7.05. The predicted octanol–water partition coefficient (Wildman–Crippen LogP) is 3.62. The standard InChI is InChI=1S/C13H17F2NO2S/c1-9(2)7-19-8-12(17)16-10-3-5-11(6-4-10)18-13(14)15/h3-6,9,13H,7-8H2,1-2H3,(H,16,17). The molecule has 1 aromatic rings. The lowest BCUT2D eigenvalue weighted by molar-refractivity contribution is -0.113. The van der Waals surface area contributed by atoms with E-state index in [1.165, 1.54) is 24.3 Å². The Morgan fingerprint density at radius 1 is 1.32 bits per heavy atom. The van der Waals surface area contributed by atoms with Crippen molar-refractivity contribution in [3.8, 4) is 5.75 Å². The zero-order valence-corrected chi connectivity index (χ0v) is 11.7. The third kappa shape index (κ3) is 7.00. The molecule has 0 fully saturated rings. The van der Waals surface area contributed by atoms with Gasteiger partial charge in [-0.25, -0.2) is 0 Å². The van der Waals surface area contributed by atoms with E-state index in [2.05, 4.69) is 23.9 Å². The molecule has 0 saturated carbocycles. The van der Waals surface area contributed by atoms with Gasteiger partial charge in [0.05, 0.1) is 5.75 Å². The lowest BCUT2D eigenvalue weighted by atomic mass is 10.3. The summed E-state index contributed by atoms with van der Waals surface area (Å²) in [6, 6.07) is 5.84. The van der Waals surface area contributed by atoms with Gasteiger partial charge in [-0.1, -0.05) is 13.8 Å². The van der Waals surface area contributed by atoms with Gasteiger partial charge in [-0.2, -0.15) is 20.5 Å². The summed E-state index contributed by atoms with van der Waals surface area (Å²) in [6.07, 6.45) is 0. The number of benzene rings is 1. The third-order valence-electron chi connectivity index (χ3n) is 2.05. The van der Waals surface area contributed by atoms with E-state index in [0.29, 0.717) is 17.4 Å². The van der Waals surface area contributed by atoms with Crippen LogP contribution in [-0.4, -0.2) is 24.0 Å². The molecule has 0 bridgehead atoms. The smallest absolute Gasteiger partial charge is 0.387 e. The molecule has 0 spiro atoms. The number of alkyl halides is 2. The van der Waals surface area contributed by atoms with Gasteiger partial charge in [0.2, 0.25) is 5.91 Å². The Hall–Kier alpha value is -1.30. The first-order chi connectivity index (χ1) is 8.97. The molecule has 0 aromatic heterocycles. The van der Waals surface area contributed by atoms with Crippen molar-refractivity contribution >= 4 is 23.4 Å². The number of carbonyl (C=O) groups is 1. The van der Waals surface area contributed by atoms with Gasteiger partial charge in [-0.3, -0.25) is 4.79 Å². The Labute approximate surface area is 115 Å². The number of nitrogens with one attached hydrogen (secondary N) is 1. The topological polar surface area (TPSA) is 38.3 Å². The van der Waals surface area contributed by atoms with Crippen LogP contribution >= 0.6 is 11.8 Å². The number of ether oxygens (including phenoxy) is 1. The average molecular weight is 289 g/mol. The largest absolute Gasteiger partial charge is 0.435 e. The van der Waals surface area contributed by atoms with Crippen LogP contribution in [0.5, 0.6) is 5.75 Å². The van der Waals surface area contributed by atoms with Gasteiger partial charge in [0.15, 0.2) is 0 Å². The predicted molar refractivity (Wildman–Crippen MR) is 73.9 cm³/mol. The lowest BCUT2D eigenvalue weighted by Gasteiger charge is -2.08. The SMILES string of the molecule is CC(C)CSCC(=O)Nc1ccc(OC(F)F)cc1. The van der Waals surface area contributed by atoms with Crippen LogP contribution in [0.3, 0.4) is 0 Å². The number of amides is 1. The van der Waals surface area contributed by atoms with Gasteiger partial charge >= 0.3 is 6.61 Å². The van der Waals surface area contributed by atoms with Crippen molar-refractivity contribution in [3.63, 3.8) is 0 Å². The van der Waals surface area contributed by atoms with Gasteiger partial charge in [-0.05, 0) is 35.9 Å². The molecule has 0 aliphatic rings. The molecule has 1 aromatic carbocycles. The average Bonchev–Trinajstić information content (AvgIpc) is 2.30. The van der Waals surface area contributed by atoms with Crippen molar-refractivity contribution in [2.75, 3.05) is 16.8 Å². The van der Waals surface area contributed by atoms with E-state index in [-0.39, 0.29) is 11.7 Å². The highest BCUT2D eigenvalue weighted by Gasteiger charge is 2.06. The zero-order valence-electron chi connectivity index (χ0n) is 10.9. The van der Waals surface area contributed by atoms with Gasteiger partial charge in [-0.15, -0.1) is 0 Å². The number of anilines is 1. The molecule has 3 nitrogen and oxygen atoms in total. The molecule has 0 atom stereocenters. The van der Waals surface area contributed by atoms with Crippen LogP contribution in [0.1, 0.15) is 13.8 Å². The van der Waals surface area contributed by atoms with Crippen LogP contribution in [0, 0.1) is 5.92 Å². The van der Waals surface area contributed by atoms with Crippen molar-refractivity contribution in [1.29, 1.82) is 0 Å². The number of halogens is 2. The Balaban J connectivity index is 2.38.